The number of aryl methyl sites for hydroxylation is 2. The lowest BCUT2D eigenvalue weighted by molar-refractivity contribution is 0.112. The lowest BCUT2D eigenvalue weighted by Gasteiger charge is -2.26. The summed E-state index contributed by atoms with van der Waals surface area (Å²) in [6, 6.07) is 14.8. The summed E-state index contributed by atoms with van der Waals surface area (Å²) >= 11 is 0. The minimum atomic E-state index is -3.76. The molecule has 2 aromatic carbocycles. The molecule has 1 aliphatic carbocycles. The third kappa shape index (κ3) is 5.35. The van der Waals surface area contributed by atoms with Crippen molar-refractivity contribution in [3.63, 3.8) is 0 Å². The van der Waals surface area contributed by atoms with Crippen molar-refractivity contribution in [3.05, 3.63) is 59.7 Å². The van der Waals surface area contributed by atoms with Crippen molar-refractivity contribution in [3.8, 4) is 11.5 Å². The fraction of sp³-hybridized carbons (Fsp3) is 0.400. The van der Waals surface area contributed by atoms with E-state index < -0.39 is 7.82 Å². The molecule has 0 N–H and O–H groups in total. The molecule has 0 amide bonds. The maximum atomic E-state index is 13.3. The van der Waals surface area contributed by atoms with Gasteiger partial charge in [0.15, 0.2) is 0 Å². The first kappa shape index (κ1) is 18.0. The maximum Gasteiger partial charge on any atom is 0.587 e. The van der Waals surface area contributed by atoms with Crippen LogP contribution in [-0.4, -0.2) is 6.10 Å². The molecule has 0 aliphatic heterocycles. The van der Waals surface area contributed by atoms with E-state index in [4.69, 9.17) is 13.6 Å². The maximum absolute atomic E-state index is 13.3. The molecule has 5 heteroatoms. The minimum absolute atomic E-state index is 0.0875. The fourth-order valence-corrected chi connectivity index (χ4v) is 4.33. The number of rotatable bonds is 6. The van der Waals surface area contributed by atoms with Crippen molar-refractivity contribution in [2.24, 2.45) is 0 Å². The summed E-state index contributed by atoms with van der Waals surface area (Å²) in [5.74, 6) is 0.966. The van der Waals surface area contributed by atoms with Crippen molar-refractivity contribution in [1.29, 1.82) is 0 Å². The number of hydrogen-bond acceptors (Lipinski definition) is 4. The molecule has 0 spiro atoms. The summed E-state index contributed by atoms with van der Waals surface area (Å²) in [4.78, 5) is 0. The van der Waals surface area contributed by atoms with E-state index in [0.717, 1.165) is 36.8 Å². The van der Waals surface area contributed by atoms with Crippen molar-refractivity contribution >= 4 is 7.82 Å². The van der Waals surface area contributed by atoms with Crippen LogP contribution in [0, 0.1) is 13.8 Å². The van der Waals surface area contributed by atoms with Crippen LogP contribution >= 0.6 is 7.82 Å². The van der Waals surface area contributed by atoms with Crippen molar-refractivity contribution < 1.29 is 18.1 Å². The highest BCUT2D eigenvalue weighted by atomic mass is 31.2. The lowest BCUT2D eigenvalue weighted by Crippen LogP contribution is -2.18. The SMILES string of the molecule is Cc1ccc(OP(=O)(Oc2ccc(C)cc2)OC2CCCCC2)cc1. The second-order valence-electron chi connectivity index (χ2n) is 6.62. The van der Waals surface area contributed by atoms with E-state index in [1.54, 1.807) is 24.3 Å². The zero-order chi connectivity index (χ0) is 17.7. The predicted molar refractivity (Wildman–Crippen MR) is 99.2 cm³/mol. The minimum Gasteiger partial charge on any atom is -0.395 e. The van der Waals surface area contributed by atoms with Gasteiger partial charge in [-0.05, 0) is 51.0 Å². The van der Waals surface area contributed by atoms with Gasteiger partial charge in [0.2, 0.25) is 0 Å². The number of phosphoric ester groups is 1. The molecule has 4 nitrogen and oxygen atoms in total. The molecule has 134 valence electrons. The van der Waals surface area contributed by atoms with Gasteiger partial charge in [-0.3, -0.25) is 4.52 Å². The van der Waals surface area contributed by atoms with Gasteiger partial charge in [-0.25, -0.2) is 4.57 Å². The van der Waals surface area contributed by atoms with Crippen molar-refractivity contribution in [1.82, 2.24) is 0 Å². The molecule has 25 heavy (non-hydrogen) atoms. The van der Waals surface area contributed by atoms with Crippen LogP contribution in [0.3, 0.4) is 0 Å². The zero-order valence-corrected chi connectivity index (χ0v) is 15.7. The molecule has 0 heterocycles. The van der Waals surface area contributed by atoms with Crippen LogP contribution in [0.15, 0.2) is 48.5 Å². The molecular formula is C20H25O4P. The Morgan fingerprint density at radius 3 is 1.64 bits per heavy atom. The van der Waals surface area contributed by atoms with Crippen LogP contribution in [0.5, 0.6) is 11.5 Å². The molecule has 0 unspecified atom stereocenters. The van der Waals surface area contributed by atoms with Gasteiger partial charge in [0.25, 0.3) is 0 Å². The van der Waals surface area contributed by atoms with Gasteiger partial charge in [-0.1, -0.05) is 54.7 Å². The molecular weight excluding hydrogens is 335 g/mol. The average Bonchev–Trinajstić information content (AvgIpc) is 2.60. The van der Waals surface area contributed by atoms with E-state index >= 15 is 0 Å². The van der Waals surface area contributed by atoms with E-state index in [-0.39, 0.29) is 6.10 Å². The van der Waals surface area contributed by atoms with Gasteiger partial charge in [-0.15, -0.1) is 0 Å². The molecule has 1 aliphatic rings. The summed E-state index contributed by atoms with van der Waals surface area (Å²) < 4.78 is 30.6. The van der Waals surface area contributed by atoms with Crippen molar-refractivity contribution in [2.45, 2.75) is 52.1 Å². The third-order valence-electron chi connectivity index (χ3n) is 4.31. The highest BCUT2D eigenvalue weighted by Gasteiger charge is 2.35. The lowest BCUT2D eigenvalue weighted by atomic mass is 9.98. The Labute approximate surface area is 149 Å². The molecule has 1 saturated carbocycles. The summed E-state index contributed by atoms with van der Waals surface area (Å²) in [5, 5.41) is 0. The van der Waals surface area contributed by atoms with Gasteiger partial charge in [0.05, 0.1) is 6.10 Å². The van der Waals surface area contributed by atoms with E-state index in [2.05, 4.69) is 0 Å². The molecule has 0 atom stereocenters. The molecule has 0 radical (unpaired) electrons. The second kappa shape index (κ2) is 8.07. The molecule has 0 saturated heterocycles. The quantitative estimate of drug-likeness (QED) is 0.574. The van der Waals surface area contributed by atoms with E-state index in [1.165, 1.54) is 6.42 Å². The first-order valence-electron chi connectivity index (χ1n) is 8.83. The first-order valence-corrected chi connectivity index (χ1v) is 10.3. The van der Waals surface area contributed by atoms with E-state index in [1.807, 2.05) is 38.1 Å². The summed E-state index contributed by atoms with van der Waals surface area (Å²) in [5.41, 5.74) is 2.21. The van der Waals surface area contributed by atoms with Crippen LogP contribution in [-0.2, 0) is 9.09 Å². The topological polar surface area (TPSA) is 44.8 Å². The molecule has 0 bridgehead atoms. The van der Waals surface area contributed by atoms with Crippen LogP contribution < -0.4 is 9.05 Å². The summed E-state index contributed by atoms with van der Waals surface area (Å²) in [6.45, 7) is 3.98. The molecule has 3 rings (SSSR count). The van der Waals surface area contributed by atoms with Gasteiger partial charge in [0, 0.05) is 0 Å². The average molecular weight is 360 g/mol. The highest BCUT2D eigenvalue weighted by Crippen LogP contribution is 2.52. The van der Waals surface area contributed by atoms with Crippen molar-refractivity contribution in [2.75, 3.05) is 0 Å². The zero-order valence-electron chi connectivity index (χ0n) is 14.8. The van der Waals surface area contributed by atoms with Gasteiger partial charge < -0.3 is 9.05 Å². The third-order valence-corrected chi connectivity index (χ3v) is 5.73. The Hall–Kier alpha value is -1.77. The fourth-order valence-electron chi connectivity index (χ4n) is 2.87. The van der Waals surface area contributed by atoms with E-state index in [9.17, 15) is 4.57 Å². The smallest absolute Gasteiger partial charge is 0.395 e. The largest absolute Gasteiger partial charge is 0.587 e. The van der Waals surface area contributed by atoms with Gasteiger partial charge in [0.1, 0.15) is 11.5 Å². The van der Waals surface area contributed by atoms with Gasteiger partial charge >= 0.3 is 7.82 Å². The first-order chi connectivity index (χ1) is 12.0. The Morgan fingerprint density at radius 1 is 0.760 bits per heavy atom. The standard InChI is InChI=1S/C20H25O4P/c1-16-8-12-19(13-9-16)23-25(21,22-18-6-4-3-5-7-18)24-20-14-10-17(2)11-15-20/h8-15,18H,3-7H2,1-2H3. The Morgan fingerprint density at radius 2 is 1.20 bits per heavy atom. The van der Waals surface area contributed by atoms with Crippen LogP contribution in [0.4, 0.5) is 0 Å². The monoisotopic (exact) mass is 360 g/mol. The molecule has 0 aromatic heterocycles. The summed E-state index contributed by atoms with van der Waals surface area (Å²) in [6.07, 6.45) is 5.05. The Bertz CT molecular complexity index is 667. The van der Waals surface area contributed by atoms with E-state index in [0.29, 0.717) is 11.5 Å². The number of hydrogen-bond donors (Lipinski definition) is 0. The molecule has 2 aromatic rings. The van der Waals surface area contributed by atoms with Crippen LogP contribution in [0.2, 0.25) is 0 Å². The number of phosphoric acid groups is 1. The Balaban J connectivity index is 1.79. The summed E-state index contributed by atoms with van der Waals surface area (Å²) in [7, 11) is -3.76. The highest BCUT2D eigenvalue weighted by molar-refractivity contribution is 7.49. The molecule has 1 fully saturated rings. The normalized spacial score (nSPS) is 15.8. The Kier molecular flexibility index (Phi) is 5.82. The number of benzene rings is 2. The predicted octanol–water partition coefficient (Wildman–Crippen LogP) is 6.22. The van der Waals surface area contributed by atoms with Gasteiger partial charge in [-0.2, -0.15) is 0 Å². The van der Waals surface area contributed by atoms with Crippen LogP contribution in [0.1, 0.15) is 43.2 Å². The van der Waals surface area contributed by atoms with Crippen LogP contribution in [0.25, 0.3) is 0 Å². The second-order valence-corrected chi connectivity index (χ2v) is 8.09.